The van der Waals surface area contributed by atoms with Crippen LogP contribution < -0.4 is 5.43 Å². The molecule has 1 aromatic carbocycles. The summed E-state index contributed by atoms with van der Waals surface area (Å²) in [6, 6.07) is 4.01. The van der Waals surface area contributed by atoms with Crippen LogP contribution in [0.1, 0.15) is 29.0 Å². The Hall–Kier alpha value is -2.82. The lowest BCUT2D eigenvalue weighted by atomic mass is 10.0. The van der Waals surface area contributed by atoms with Crippen molar-refractivity contribution >= 4 is 22.5 Å². The van der Waals surface area contributed by atoms with Crippen LogP contribution in [0.25, 0.3) is 16.5 Å². The van der Waals surface area contributed by atoms with E-state index in [1.54, 1.807) is 6.08 Å². The van der Waals surface area contributed by atoms with Gasteiger partial charge in [0.2, 0.25) is 11.2 Å². The van der Waals surface area contributed by atoms with Gasteiger partial charge in [-0.25, -0.2) is 4.79 Å². The zero-order valence-electron chi connectivity index (χ0n) is 11.0. The van der Waals surface area contributed by atoms with E-state index in [2.05, 4.69) is 0 Å². The molecule has 0 saturated heterocycles. The summed E-state index contributed by atoms with van der Waals surface area (Å²) < 4.78 is 5.60. The number of carboxylic acids is 1. The number of benzene rings is 1. The Labute approximate surface area is 119 Å². The molecular weight excluding hydrogens is 272 g/mol. The van der Waals surface area contributed by atoms with Crippen molar-refractivity contribution in [2.75, 3.05) is 0 Å². The van der Waals surface area contributed by atoms with Gasteiger partial charge in [0.1, 0.15) is 5.58 Å². The quantitative estimate of drug-likeness (QED) is 0.885. The van der Waals surface area contributed by atoms with Gasteiger partial charge in [-0.2, -0.15) is 0 Å². The molecule has 2 N–H and O–H groups in total. The maximum atomic E-state index is 12.2. The fourth-order valence-electron chi connectivity index (χ4n) is 2.33. The topological polar surface area (TPSA) is 87.7 Å². The number of hydrogen-bond acceptors (Lipinski definition) is 4. The summed E-state index contributed by atoms with van der Waals surface area (Å²) in [7, 11) is 0. The van der Waals surface area contributed by atoms with Gasteiger partial charge in [-0.15, -0.1) is 0 Å². The Morgan fingerprint density at radius 1 is 1.29 bits per heavy atom. The van der Waals surface area contributed by atoms with E-state index in [4.69, 9.17) is 9.52 Å². The molecular formula is C16H12O5. The second-order valence-electron chi connectivity index (χ2n) is 4.78. The third-order valence-corrected chi connectivity index (χ3v) is 3.42. The number of aromatic carboxylic acids is 1. The summed E-state index contributed by atoms with van der Waals surface area (Å²) >= 11 is 0. The normalized spacial score (nSPS) is 14.2. The largest absolute Gasteiger partial charge is 0.502 e. The molecule has 1 heterocycles. The lowest BCUT2D eigenvalue weighted by Crippen LogP contribution is -2.06. The average Bonchev–Trinajstić information content (AvgIpc) is 2.51. The minimum Gasteiger partial charge on any atom is -0.502 e. The van der Waals surface area contributed by atoms with Crippen molar-refractivity contribution in [1.82, 2.24) is 0 Å². The fraction of sp³-hybridized carbons (Fsp3) is 0.125. The molecule has 0 atom stereocenters. The molecule has 0 amide bonds. The molecule has 1 aromatic heterocycles. The Morgan fingerprint density at radius 3 is 2.76 bits per heavy atom. The van der Waals surface area contributed by atoms with Crippen LogP contribution in [-0.2, 0) is 0 Å². The minimum atomic E-state index is -1.14. The van der Waals surface area contributed by atoms with Crippen molar-refractivity contribution in [2.45, 2.75) is 12.8 Å². The predicted molar refractivity (Wildman–Crippen MR) is 77.5 cm³/mol. The molecule has 3 rings (SSSR count). The van der Waals surface area contributed by atoms with Crippen molar-refractivity contribution in [3.8, 4) is 5.75 Å². The first-order valence-corrected chi connectivity index (χ1v) is 6.47. The van der Waals surface area contributed by atoms with Crippen molar-refractivity contribution in [3.05, 3.63) is 58.0 Å². The predicted octanol–water partition coefficient (Wildman–Crippen LogP) is 2.93. The first-order valence-electron chi connectivity index (χ1n) is 6.47. The van der Waals surface area contributed by atoms with E-state index in [0.29, 0.717) is 6.42 Å². The molecule has 0 spiro atoms. The SMILES string of the molecule is O=C(O)c1ccc2oc(C3=CC=CCC3)c(O)c(=O)c2c1. The van der Waals surface area contributed by atoms with E-state index in [9.17, 15) is 14.7 Å². The van der Waals surface area contributed by atoms with Crippen molar-refractivity contribution in [3.63, 3.8) is 0 Å². The number of allylic oxidation sites excluding steroid dienone is 4. The lowest BCUT2D eigenvalue weighted by Gasteiger charge is -2.10. The van der Waals surface area contributed by atoms with Gasteiger partial charge in [-0.1, -0.05) is 18.2 Å². The number of carbonyl (C=O) groups is 1. The Kier molecular flexibility index (Phi) is 3.10. The van der Waals surface area contributed by atoms with Gasteiger partial charge in [0.05, 0.1) is 10.9 Å². The van der Waals surface area contributed by atoms with Gasteiger partial charge >= 0.3 is 5.97 Å². The van der Waals surface area contributed by atoms with Crippen LogP contribution in [0.2, 0.25) is 0 Å². The zero-order valence-corrected chi connectivity index (χ0v) is 11.0. The zero-order chi connectivity index (χ0) is 15.0. The van der Waals surface area contributed by atoms with Gasteiger partial charge in [-0.05, 0) is 36.6 Å². The number of carboxylic acid groups (broad SMARTS) is 1. The summed E-state index contributed by atoms with van der Waals surface area (Å²) in [5.74, 6) is -1.47. The Balaban J connectivity index is 2.26. The summed E-state index contributed by atoms with van der Waals surface area (Å²) in [4.78, 5) is 23.2. The van der Waals surface area contributed by atoms with Crippen molar-refractivity contribution in [2.24, 2.45) is 0 Å². The van der Waals surface area contributed by atoms with Gasteiger partial charge < -0.3 is 14.6 Å². The second kappa shape index (κ2) is 4.94. The van der Waals surface area contributed by atoms with Crippen molar-refractivity contribution in [1.29, 1.82) is 0 Å². The number of aromatic hydroxyl groups is 1. The van der Waals surface area contributed by atoms with Crippen molar-refractivity contribution < 1.29 is 19.4 Å². The molecule has 5 heteroatoms. The lowest BCUT2D eigenvalue weighted by molar-refractivity contribution is 0.0697. The van der Waals surface area contributed by atoms with Crippen LogP contribution in [0.4, 0.5) is 0 Å². The molecule has 0 fully saturated rings. The van der Waals surface area contributed by atoms with Crippen LogP contribution in [0, 0.1) is 0 Å². The molecule has 5 nitrogen and oxygen atoms in total. The van der Waals surface area contributed by atoms with E-state index < -0.39 is 17.1 Å². The highest BCUT2D eigenvalue weighted by molar-refractivity contribution is 5.93. The molecule has 21 heavy (non-hydrogen) atoms. The third-order valence-electron chi connectivity index (χ3n) is 3.42. The molecule has 0 saturated carbocycles. The van der Waals surface area contributed by atoms with Crippen LogP contribution in [-0.4, -0.2) is 16.2 Å². The highest BCUT2D eigenvalue weighted by atomic mass is 16.4. The summed E-state index contributed by atoms with van der Waals surface area (Å²) in [6.07, 6.45) is 7.10. The summed E-state index contributed by atoms with van der Waals surface area (Å²) in [5.41, 5.74) is 0.358. The Morgan fingerprint density at radius 2 is 2.10 bits per heavy atom. The molecule has 0 bridgehead atoms. The van der Waals surface area contributed by atoms with Crippen LogP contribution in [0.3, 0.4) is 0 Å². The summed E-state index contributed by atoms with van der Waals surface area (Å²) in [5, 5.41) is 19.1. The third kappa shape index (κ3) is 2.23. The molecule has 2 aromatic rings. The highest BCUT2D eigenvalue weighted by Crippen LogP contribution is 2.31. The van der Waals surface area contributed by atoms with Gasteiger partial charge in [0, 0.05) is 0 Å². The van der Waals surface area contributed by atoms with Crippen LogP contribution in [0.15, 0.2) is 45.6 Å². The average molecular weight is 284 g/mol. The maximum Gasteiger partial charge on any atom is 0.335 e. The maximum absolute atomic E-state index is 12.2. The monoisotopic (exact) mass is 284 g/mol. The molecule has 106 valence electrons. The van der Waals surface area contributed by atoms with E-state index in [-0.39, 0.29) is 22.3 Å². The number of hydrogen-bond donors (Lipinski definition) is 2. The standard InChI is InChI=1S/C16H12O5/c17-13-11-8-10(16(19)20)6-7-12(11)21-15(14(13)18)9-4-2-1-3-5-9/h1-2,4,6-8,18H,3,5H2,(H,19,20). The van der Waals surface area contributed by atoms with Gasteiger partial charge in [0.25, 0.3) is 0 Å². The second-order valence-corrected chi connectivity index (χ2v) is 4.78. The van der Waals surface area contributed by atoms with E-state index in [0.717, 1.165) is 12.0 Å². The highest BCUT2D eigenvalue weighted by Gasteiger charge is 2.18. The fourth-order valence-corrected chi connectivity index (χ4v) is 2.33. The van der Waals surface area contributed by atoms with Gasteiger partial charge in [-0.3, -0.25) is 4.79 Å². The summed E-state index contributed by atoms with van der Waals surface area (Å²) in [6.45, 7) is 0. The van der Waals surface area contributed by atoms with Gasteiger partial charge in [0.15, 0.2) is 5.76 Å². The molecule has 1 aliphatic rings. The first-order chi connectivity index (χ1) is 10.1. The molecule has 0 aliphatic heterocycles. The van der Waals surface area contributed by atoms with E-state index in [1.165, 1.54) is 18.2 Å². The molecule has 0 unspecified atom stereocenters. The van der Waals surface area contributed by atoms with Crippen LogP contribution >= 0.6 is 0 Å². The number of fused-ring (bicyclic) bond motifs is 1. The smallest absolute Gasteiger partial charge is 0.335 e. The molecule has 1 aliphatic carbocycles. The number of rotatable bonds is 2. The Bertz CT molecular complexity index is 855. The first kappa shape index (κ1) is 13.2. The van der Waals surface area contributed by atoms with E-state index >= 15 is 0 Å². The van der Waals surface area contributed by atoms with Crippen LogP contribution in [0.5, 0.6) is 5.75 Å². The molecule has 0 radical (unpaired) electrons. The van der Waals surface area contributed by atoms with E-state index in [1.807, 2.05) is 12.2 Å². The minimum absolute atomic E-state index is 0.0261.